The number of benzene rings is 1. The molecule has 0 N–H and O–H groups in total. The predicted octanol–water partition coefficient (Wildman–Crippen LogP) is 2.34. The fourth-order valence-electron chi connectivity index (χ4n) is 0.994. The SMILES string of the molecule is COc1cc(C#N)cc(OCCBr)c1. The van der Waals surface area contributed by atoms with Gasteiger partial charge in [-0.15, -0.1) is 0 Å². The topological polar surface area (TPSA) is 42.2 Å². The Kier molecular flexibility index (Phi) is 4.27. The fourth-order valence-corrected chi connectivity index (χ4v) is 1.16. The Balaban J connectivity index is 2.88. The number of ether oxygens (including phenoxy) is 2. The normalized spacial score (nSPS) is 9.21. The van der Waals surface area contributed by atoms with E-state index in [1.165, 1.54) is 0 Å². The lowest BCUT2D eigenvalue weighted by Crippen LogP contribution is -1.98. The van der Waals surface area contributed by atoms with Crippen molar-refractivity contribution in [1.29, 1.82) is 5.26 Å². The van der Waals surface area contributed by atoms with Gasteiger partial charge in [-0.05, 0) is 12.1 Å². The van der Waals surface area contributed by atoms with Crippen molar-refractivity contribution in [2.45, 2.75) is 0 Å². The first-order valence-electron chi connectivity index (χ1n) is 4.08. The Labute approximate surface area is 91.4 Å². The summed E-state index contributed by atoms with van der Waals surface area (Å²) in [6.07, 6.45) is 0. The molecule has 0 aliphatic heterocycles. The predicted molar refractivity (Wildman–Crippen MR) is 57.0 cm³/mol. The van der Waals surface area contributed by atoms with Crippen molar-refractivity contribution in [3.63, 3.8) is 0 Å². The highest BCUT2D eigenvalue weighted by atomic mass is 79.9. The van der Waals surface area contributed by atoms with Crippen LogP contribution in [0, 0.1) is 11.3 Å². The molecule has 0 aromatic heterocycles. The highest BCUT2D eigenvalue weighted by Gasteiger charge is 2.01. The summed E-state index contributed by atoms with van der Waals surface area (Å²) in [4.78, 5) is 0. The molecular weight excluding hydrogens is 246 g/mol. The fraction of sp³-hybridized carbons (Fsp3) is 0.300. The number of nitrogens with zero attached hydrogens (tertiary/aromatic N) is 1. The zero-order valence-corrected chi connectivity index (χ0v) is 9.37. The summed E-state index contributed by atoms with van der Waals surface area (Å²) in [7, 11) is 1.56. The highest BCUT2D eigenvalue weighted by Crippen LogP contribution is 2.22. The Morgan fingerprint density at radius 3 is 2.64 bits per heavy atom. The van der Waals surface area contributed by atoms with E-state index in [0.717, 1.165) is 5.33 Å². The highest BCUT2D eigenvalue weighted by molar-refractivity contribution is 9.09. The van der Waals surface area contributed by atoms with Crippen LogP contribution in [-0.4, -0.2) is 19.0 Å². The summed E-state index contributed by atoms with van der Waals surface area (Å²) in [6.45, 7) is 0.567. The molecule has 0 bridgehead atoms. The summed E-state index contributed by atoms with van der Waals surface area (Å²) in [6, 6.07) is 7.15. The molecule has 1 rings (SSSR count). The second kappa shape index (κ2) is 5.51. The zero-order chi connectivity index (χ0) is 10.4. The molecular formula is C10H10BrNO2. The Bertz CT molecular complexity index is 346. The van der Waals surface area contributed by atoms with Crippen molar-refractivity contribution in [2.24, 2.45) is 0 Å². The zero-order valence-electron chi connectivity index (χ0n) is 7.79. The number of methoxy groups -OCH3 is 1. The van der Waals surface area contributed by atoms with Crippen LogP contribution in [0.4, 0.5) is 0 Å². The molecule has 0 saturated carbocycles. The van der Waals surface area contributed by atoms with Gasteiger partial charge in [0.05, 0.1) is 25.3 Å². The van der Waals surface area contributed by atoms with Crippen molar-refractivity contribution in [3.05, 3.63) is 23.8 Å². The Morgan fingerprint density at radius 2 is 2.07 bits per heavy atom. The first-order chi connectivity index (χ1) is 6.80. The first kappa shape index (κ1) is 10.9. The summed E-state index contributed by atoms with van der Waals surface area (Å²) < 4.78 is 10.4. The molecule has 4 heteroatoms. The molecule has 0 radical (unpaired) electrons. The maximum atomic E-state index is 8.74. The summed E-state index contributed by atoms with van der Waals surface area (Å²) in [5.41, 5.74) is 0.536. The van der Waals surface area contributed by atoms with Gasteiger partial charge in [-0.2, -0.15) is 5.26 Å². The third-order valence-corrected chi connectivity index (χ3v) is 1.91. The van der Waals surface area contributed by atoms with Crippen LogP contribution in [0.1, 0.15) is 5.56 Å². The van der Waals surface area contributed by atoms with Crippen LogP contribution < -0.4 is 9.47 Å². The van der Waals surface area contributed by atoms with Gasteiger partial charge in [0.25, 0.3) is 0 Å². The average Bonchev–Trinajstić information content (AvgIpc) is 2.25. The van der Waals surface area contributed by atoms with Crippen molar-refractivity contribution in [2.75, 3.05) is 19.0 Å². The van der Waals surface area contributed by atoms with E-state index in [9.17, 15) is 0 Å². The molecule has 0 aliphatic rings. The molecule has 0 amide bonds. The number of alkyl halides is 1. The van der Waals surface area contributed by atoms with Gasteiger partial charge in [-0.1, -0.05) is 15.9 Å². The molecule has 3 nitrogen and oxygen atoms in total. The van der Waals surface area contributed by atoms with Gasteiger partial charge in [0.15, 0.2) is 0 Å². The van der Waals surface area contributed by atoms with E-state index < -0.39 is 0 Å². The van der Waals surface area contributed by atoms with Crippen molar-refractivity contribution >= 4 is 15.9 Å². The molecule has 1 aromatic rings. The minimum absolute atomic E-state index is 0.536. The van der Waals surface area contributed by atoms with Crippen LogP contribution in [-0.2, 0) is 0 Å². The standard InChI is InChI=1S/C10H10BrNO2/c1-13-9-4-8(7-12)5-10(6-9)14-3-2-11/h4-6H,2-3H2,1H3. The van der Waals surface area contributed by atoms with Crippen LogP contribution in [0.25, 0.3) is 0 Å². The minimum Gasteiger partial charge on any atom is -0.497 e. The summed E-state index contributed by atoms with van der Waals surface area (Å²) >= 11 is 3.26. The van der Waals surface area contributed by atoms with E-state index in [0.29, 0.717) is 23.7 Å². The van der Waals surface area contributed by atoms with E-state index in [2.05, 4.69) is 15.9 Å². The third-order valence-electron chi connectivity index (χ3n) is 1.59. The Morgan fingerprint density at radius 1 is 1.36 bits per heavy atom. The van der Waals surface area contributed by atoms with Gasteiger partial charge >= 0.3 is 0 Å². The number of hydrogen-bond acceptors (Lipinski definition) is 3. The molecule has 0 fully saturated rings. The van der Waals surface area contributed by atoms with Crippen LogP contribution in [0.2, 0.25) is 0 Å². The number of rotatable bonds is 4. The quantitative estimate of drug-likeness (QED) is 0.776. The van der Waals surface area contributed by atoms with Crippen LogP contribution in [0.3, 0.4) is 0 Å². The van der Waals surface area contributed by atoms with Gasteiger partial charge in [0.2, 0.25) is 0 Å². The van der Waals surface area contributed by atoms with Gasteiger partial charge in [-0.25, -0.2) is 0 Å². The first-order valence-corrected chi connectivity index (χ1v) is 5.20. The van der Waals surface area contributed by atoms with E-state index in [-0.39, 0.29) is 0 Å². The van der Waals surface area contributed by atoms with Crippen molar-refractivity contribution < 1.29 is 9.47 Å². The molecule has 0 heterocycles. The molecule has 0 aliphatic carbocycles. The molecule has 0 saturated heterocycles. The average molecular weight is 256 g/mol. The molecule has 74 valence electrons. The smallest absolute Gasteiger partial charge is 0.124 e. The molecule has 14 heavy (non-hydrogen) atoms. The van der Waals surface area contributed by atoms with Gasteiger partial charge in [-0.3, -0.25) is 0 Å². The van der Waals surface area contributed by atoms with Gasteiger partial charge in [0.1, 0.15) is 11.5 Å². The van der Waals surface area contributed by atoms with E-state index >= 15 is 0 Å². The second-order valence-corrected chi connectivity index (χ2v) is 3.34. The van der Waals surface area contributed by atoms with Crippen molar-refractivity contribution in [1.82, 2.24) is 0 Å². The van der Waals surface area contributed by atoms with Gasteiger partial charge < -0.3 is 9.47 Å². The monoisotopic (exact) mass is 255 g/mol. The summed E-state index contributed by atoms with van der Waals surface area (Å²) in [5, 5.41) is 9.49. The van der Waals surface area contributed by atoms with Crippen LogP contribution in [0.15, 0.2) is 18.2 Å². The maximum absolute atomic E-state index is 8.74. The summed E-state index contributed by atoms with van der Waals surface area (Å²) in [5.74, 6) is 1.29. The Hall–Kier alpha value is -1.21. The van der Waals surface area contributed by atoms with E-state index in [1.807, 2.05) is 6.07 Å². The van der Waals surface area contributed by atoms with E-state index in [4.69, 9.17) is 14.7 Å². The minimum atomic E-state index is 0.536. The number of hydrogen-bond donors (Lipinski definition) is 0. The largest absolute Gasteiger partial charge is 0.497 e. The second-order valence-electron chi connectivity index (χ2n) is 2.55. The molecule has 1 aromatic carbocycles. The lowest BCUT2D eigenvalue weighted by atomic mass is 10.2. The maximum Gasteiger partial charge on any atom is 0.124 e. The molecule has 0 unspecified atom stereocenters. The third kappa shape index (κ3) is 2.93. The lowest BCUT2D eigenvalue weighted by Gasteiger charge is -2.06. The molecule has 0 spiro atoms. The number of halogens is 1. The van der Waals surface area contributed by atoms with Crippen molar-refractivity contribution in [3.8, 4) is 17.6 Å². The lowest BCUT2D eigenvalue weighted by molar-refractivity contribution is 0.340. The van der Waals surface area contributed by atoms with Crippen LogP contribution in [0.5, 0.6) is 11.5 Å². The molecule has 0 atom stereocenters. The number of nitriles is 1. The van der Waals surface area contributed by atoms with E-state index in [1.54, 1.807) is 25.3 Å². The van der Waals surface area contributed by atoms with Gasteiger partial charge in [0, 0.05) is 11.4 Å². The van der Waals surface area contributed by atoms with Crippen LogP contribution >= 0.6 is 15.9 Å².